The zero-order valence-electron chi connectivity index (χ0n) is 8.90. The fourth-order valence-electron chi connectivity index (χ4n) is 1.37. The topological polar surface area (TPSA) is 32.8 Å². The quantitative estimate of drug-likeness (QED) is 0.619. The molecular formula is C10H18N2O2. The van der Waals surface area contributed by atoms with Gasteiger partial charge in [-0.2, -0.15) is 0 Å². The van der Waals surface area contributed by atoms with Crippen molar-refractivity contribution in [2.45, 2.75) is 13.0 Å². The minimum absolute atomic E-state index is 0.0158. The predicted molar refractivity (Wildman–Crippen MR) is 55.2 cm³/mol. The fraction of sp³-hybridized carbons (Fsp3) is 0.700. The lowest BCUT2D eigenvalue weighted by Gasteiger charge is -2.33. The van der Waals surface area contributed by atoms with E-state index in [0.29, 0.717) is 19.7 Å². The number of nitrogens with zero attached hydrogens (tertiary/aromatic N) is 2. The first kappa shape index (κ1) is 11.0. The number of carbonyl (C=O) groups is 1. The van der Waals surface area contributed by atoms with E-state index in [0.717, 1.165) is 6.54 Å². The van der Waals surface area contributed by atoms with Gasteiger partial charge in [-0.3, -0.25) is 0 Å². The van der Waals surface area contributed by atoms with Crippen molar-refractivity contribution in [1.82, 2.24) is 9.80 Å². The average molecular weight is 198 g/mol. The number of hydrogen-bond acceptors (Lipinski definition) is 2. The molecule has 1 aliphatic heterocycles. The first-order chi connectivity index (χ1) is 6.69. The van der Waals surface area contributed by atoms with Crippen LogP contribution >= 0.6 is 0 Å². The molecule has 0 aliphatic carbocycles. The van der Waals surface area contributed by atoms with Gasteiger partial charge in [0.25, 0.3) is 0 Å². The number of rotatable bonds is 2. The van der Waals surface area contributed by atoms with Crippen LogP contribution in [0.25, 0.3) is 0 Å². The summed E-state index contributed by atoms with van der Waals surface area (Å²) in [5.41, 5.74) is 0. The summed E-state index contributed by atoms with van der Waals surface area (Å²) in [6.45, 7) is 8.25. The van der Waals surface area contributed by atoms with E-state index in [1.54, 1.807) is 22.9 Å². The van der Waals surface area contributed by atoms with Crippen LogP contribution in [0.2, 0.25) is 0 Å². The Balaban J connectivity index is 2.51. The molecule has 0 aromatic heterocycles. The summed E-state index contributed by atoms with van der Waals surface area (Å²) < 4.78 is 5.39. The Bertz CT molecular complexity index is 218. The van der Waals surface area contributed by atoms with Gasteiger partial charge in [-0.05, 0) is 6.92 Å². The summed E-state index contributed by atoms with van der Waals surface area (Å²) in [5, 5.41) is 0. The van der Waals surface area contributed by atoms with Gasteiger partial charge in [-0.25, -0.2) is 4.79 Å². The second kappa shape index (κ2) is 5.00. The third-order valence-corrected chi connectivity index (χ3v) is 2.43. The Morgan fingerprint density at radius 3 is 3.07 bits per heavy atom. The van der Waals surface area contributed by atoms with Crippen LogP contribution in [-0.4, -0.2) is 55.2 Å². The Morgan fingerprint density at radius 2 is 2.50 bits per heavy atom. The second-order valence-corrected chi connectivity index (χ2v) is 3.39. The van der Waals surface area contributed by atoms with Gasteiger partial charge in [0.05, 0.1) is 19.3 Å². The van der Waals surface area contributed by atoms with Crippen LogP contribution in [0.5, 0.6) is 0 Å². The number of hydrogen-bond donors (Lipinski definition) is 0. The van der Waals surface area contributed by atoms with Gasteiger partial charge in [0, 0.05) is 20.1 Å². The van der Waals surface area contributed by atoms with Gasteiger partial charge in [0.2, 0.25) is 0 Å². The average Bonchev–Trinajstić information content (AvgIpc) is 2.27. The third kappa shape index (κ3) is 2.48. The summed E-state index contributed by atoms with van der Waals surface area (Å²) in [6, 6.07) is 0.0719. The molecule has 4 nitrogen and oxygen atoms in total. The molecule has 1 unspecified atom stereocenters. The first-order valence-corrected chi connectivity index (χ1v) is 4.93. The molecule has 0 aromatic rings. The number of amides is 2. The molecule has 0 N–H and O–H groups in total. The van der Waals surface area contributed by atoms with Gasteiger partial charge in [0.1, 0.15) is 0 Å². The van der Waals surface area contributed by atoms with E-state index in [9.17, 15) is 4.79 Å². The van der Waals surface area contributed by atoms with Crippen molar-refractivity contribution >= 4 is 6.03 Å². The van der Waals surface area contributed by atoms with E-state index in [2.05, 4.69) is 6.58 Å². The lowest BCUT2D eigenvalue weighted by Crippen LogP contribution is -2.49. The Kier molecular flexibility index (Phi) is 3.95. The lowest BCUT2D eigenvalue weighted by atomic mass is 10.3. The second-order valence-electron chi connectivity index (χ2n) is 3.39. The van der Waals surface area contributed by atoms with E-state index in [-0.39, 0.29) is 12.1 Å². The molecule has 0 radical (unpaired) electrons. The van der Waals surface area contributed by atoms with E-state index in [4.69, 9.17) is 4.74 Å². The highest BCUT2D eigenvalue weighted by Crippen LogP contribution is 2.07. The molecule has 0 aromatic carbocycles. The molecule has 14 heavy (non-hydrogen) atoms. The maximum Gasteiger partial charge on any atom is 0.319 e. The van der Waals surface area contributed by atoms with Crippen LogP contribution in [0.4, 0.5) is 4.79 Å². The van der Waals surface area contributed by atoms with Gasteiger partial charge >= 0.3 is 6.03 Å². The van der Waals surface area contributed by atoms with Crippen LogP contribution in [0, 0.1) is 0 Å². The zero-order chi connectivity index (χ0) is 10.6. The number of urea groups is 1. The van der Waals surface area contributed by atoms with Crippen molar-refractivity contribution in [2.75, 3.05) is 33.3 Å². The minimum Gasteiger partial charge on any atom is -0.370 e. The summed E-state index contributed by atoms with van der Waals surface area (Å²) in [6.07, 6.45) is 1.73. The van der Waals surface area contributed by atoms with Crippen molar-refractivity contribution in [3.05, 3.63) is 12.7 Å². The molecule has 0 spiro atoms. The molecule has 0 saturated carbocycles. The van der Waals surface area contributed by atoms with E-state index in [1.807, 2.05) is 6.92 Å². The highest BCUT2D eigenvalue weighted by Gasteiger charge is 2.23. The van der Waals surface area contributed by atoms with Crippen LogP contribution < -0.4 is 0 Å². The molecule has 4 heteroatoms. The van der Waals surface area contributed by atoms with Crippen LogP contribution in [0.15, 0.2) is 12.7 Å². The first-order valence-electron chi connectivity index (χ1n) is 4.93. The fourth-order valence-corrected chi connectivity index (χ4v) is 1.37. The number of carbonyl (C=O) groups excluding carboxylic acids is 1. The summed E-state index contributed by atoms with van der Waals surface area (Å²) in [7, 11) is 1.81. The van der Waals surface area contributed by atoms with Gasteiger partial charge in [-0.1, -0.05) is 6.08 Å². The molecule has 1 rings (SSSR count). The van der Waals surface area contributed by atoms with E-state index in [1.165, 1.54) is 0 Å². The highest BCUT2D eigenvalue weighted by molar-refractivity contribution is 5.74. The minimum atomic E-state index is -0.0158. The molecular weight excluding hydrogens is 180 g/mol. The maximum absolute atomic E-state index is 11.8. The normalized spacial score (nSPS) is 21.9. The monoisotopic (exact) mass is 198 g/mol. The summed E-state index contributed by atoms with van der Waals surface area (Å²) in [4.78, 5) is 15.3. The van der Waals surface area contributed by atoms with Crippen molar-refractivity contribution < 1.29 is 9.53 Å². The van der Waals surface area contributed by atoms with Gasteiger partial charge in [-0.15, -0.1) is 6.58 Å². The van der Waals surface area contributed by atoms with Crippen LogP contribution in [0.3, 0.4) is 0 Å². The molecule has 1 fully saturated rings. The molecule has 1 heterocycles. The van der Waals surface area contributed by atoms with E-state index >= 15 is 0 Å². The van der Waals surface area contributed by atoms with Crippen molar-refractivity contribution in [2.24, 2.45) is 0 Å². The van der Waals surface area contributed by atoms with Crippen LogP contribution in [0.1, 0.15) is 6.92 Å². The predicted octanol–water partition coefficient (Wildman–Crippen LogP) is 0.945. The summed E-state index contributed by atoms with van der Waals surface area (Å²) in [5.74, 6) is 0. The Morgan fingerprint density at radius 1 is 1.79 bits per heavy atom. The lowest BCUT2D eigenvalue weighted by molar-refractivity contribution is 0.00685. The molecule has 2 amide bonds. The van der Waals surface area contributed by atoms with Crippen molar-refractivity contribution in [3.8, 4) is 0 Å². The molecule has 1 atom stereocenters. The molecule has 0 bridgehead atoms. The number of ether oxygens (including phenoxy) is 1. The summed E-state index contributed by atoms with van der Waals surface area (Å²) >= 11 is 0. The largest absolute Gasteiger partial charge is 0.370 e. The smallest absolute Gasteiger partial charge is 0.319 e. The molecule has 1 saturated heterocycles. The maximum atomic E-state index is 11.8. The Labute approximate surface area is 85.1 Å². The van der Waals surface area contributed by atoms with Gasteiger partial charge < -0.3 is 14.5 Å². The Hall–Kier alpha value is -1.03. The number of morpholine rings is 1. The highest BCUT2D eigenvalue weighted by atomic mass is 16.5. The standard InChI is InChI=1S/C10H18N2O2/c1-4-9-8-12(6-7-14-9)10(13)11(3)5-2/h4,9H,1,5-8H2,2-3H3. The molecule has 1 aliphatic rings. The SMILES string of the molecule is C=CC1CN(C(=O)N(C)CC)CCO1. The van der Waals surface area contributed by atoms with Gasteiger partial charge in [0.15, 0.2) is 0 Å². The van der Waals surface area contributed by atoms with Crippen molar-refractivity contribution in [3.63, 3.8) is 0 Å². The zero-order valence-corrected chi connectivity index (χ0v) is 8.90. The third-order valence-electron chi connectivity index (χ3n) is 2.43. The van der Waals surface area contributed by atoms with Crippen molar-refractivity contribution in [1.29, 1.82) is 0 Å². The van der Waals surface area contributed by atoms with Crippen LogP contribution in [-0.2, 0) is 4.74 Å². The van der Waals surface area contributed by atoms with E-state index < -0.39 is 0 Å². The molecule has 80 valence electrons.